The second-order valence-electron chi connectivity index (χ2n) is 6.65. The van der Waals surface area contributed by atoms with Gasteiger partial charge in [-0.15, -0.1) is 0 Å². The number of nitro groups is 1. The summed E-state index contributed by atoms with van der Waals surface area (Å²) in [6, 6.07) is 4.55. The minimum atomic E-state index is -0.439. The van der Waals surface area contributed by atoms with Gasteiger partial charge in [-0.05, 0) is 36.5 Å². The smallest absolute Gasteiger partial charge is 0.292 e. The van der Waals surface area contributed by atoms with E-state index < -0.39 is 4.92 Å². The van der Waals surface area contributed by atoms with Crippen molar-refractivity contribution in [3.05, 3.63) is 33.9 Å². The SMILES string of the molecule is O=C1CN(c2cc(CO)ccc2[N+](=O)[O-])CCN1CC1CCCC1. The summed E-state index contributed by atoms with van der Waals surface area (Å²) in [5.74, 6) is 0.629. The molecule has 0 radical (unpaired) electrons. The van der Waals surface area contributed by atoms with Gasteiger partial charge in [-0.1, -0.05) is 12.8 Å². The monoisotopic (exact) mass is 333 g/mol. The number of piperazine rings is 1. The van der Waals surface area contributed by atoms with Crippen molar-refractivity contribution in [1.82, 2.24) is 4.90 Å². The van der Waals surface area contributed by atoms with Gasteiger partial charge in [-0.3, -0.25) is 14.9 Å². The van der Waals surface area contributed by atoms with Crippen molar-refractivity contribution >= 4 is 17.3 Å². The first-order valence-corrected chi connectivity index (χ1v) is 8.49. The standard InChI is InChI=1S/C17H23N3O4/c21-12-14-5-6-15(20(23)24)16(9-14)18-7-8-19(17(22)11-18)10-13-3-1-2-4-13/h5-6,9,13,21H,1-4,7-8,10-12H2. The number of hydrogen-bond acceptors (Lipinski definition) is 5. The average molecular weight is 333 g/mol. The van der Waals surface area contributed by atoms with Crippen LogP contribution >= 0.6 is 0 Å². The highest BCUT2D eigenvalue weighted by Crippen LogP contribution is 2.31. The van der Waals surface area contributed by atoms with E-state index in [1.807, 2.05) is 4.90 Å². The van der Waals surface area contributed by atoms with Gasteiger partial charge < -0.3 is 14.9 Å². The van der Waals surface area contributed by atoms with E-state index in [9.17, 15) is 20.0 Å². The highest BCUT2D eigenvalue weighted by atomic mass is 16.6. The Balaban J connectivity index is 1.73. The van der Waals surface area contributed by atoms with Gasteiger partial charge in [0.25, 0.3) is 5.69 Å². The Kier molecular flexibility index (Phi) is 4.99. The molecule has 0 bridgehead atoms. The molecule has 0 unspecified atom stereocenters. The molecule has 1 aromatic rings. The van der Waals surface area contributed by atoms with Crippen LogP contribution < -0.4 is 4.90 Å². The number of aliphatic hydroxyl groups is 1. The first kappa shape index (κ1) is 16.7. The molecule has 7 nitrogen and oxygen atoms in total. The third-order valence-electron chi connectivity index (χ3n) is 5.03. The van der Waals surface area contributed by atoms with Crippen molar-refractivity contribution in [2.24, 2.45) is 5.92 Å². The van der Waals surface area contributed by atoms with Gasteiger partial charge in [0.2, 0.25) is 5.91 Å². The topological polar surface area (TPSA) is 86.9 Å². The molecule has 1 N–H and O–H groups in total. The van der Waals surface area contributed by atoms with E-state index in [2.05, 4.69) is 0 Å². The predicted octanol–water partition coefficient (Wildman–Crippen LogP) is 1.93. The number of carbonyl (C=O) groups excluding carboxylic acids is 1. The Morgan fingerprint density at radius 3 is 2.62 bits per heavy atom. The molecule has 1 aliphatic heterocycles. The van der Waals surface area contributed by atoms with Gasteiger partial charge in [0.1, 0.15) is 5.69 Å². The van der Waals surface area contributed by atoms with E-state index in [1.165, 1.54) is 31.7 Å². The number of carbonyl (C=O) groups is 1. The van der Waals surface area contributed by atoms with Crippen molar-refractivity contribution in [3.8, 4) is 0 Å². The Morgan fingerprint density at radius 1 is 1.25 bits per heavy atom. The van der Waals surface area contributed by atoms with Crippen molar-refractivity contribution in [1.29, 1.82) is 0 Å². The molecule has 0 spiro atoms. The van der Waals surface area contributed by atoms with Gasteiger partial charge in [0, 0.05) is 25.7 Å². The van der Waals surface area contributed by atoms with Crippen LogP contribution in [0.4, 0.5) is 11.4 Å². The molecule has 24 heavy (non-hydrogen) atoms. The molecule has 2 aliphatic rings. The zero-order valence-corrected chi connectivity index (χ0v) is 13.7. The summed E-state index contributed by atoms with van der Waals surface area (Å²) >= 11 is 0. The van der Waals surface area contributed by atoms with Crippen molar-refractivity contribution in [2.45, 2.75) is 32.3 Å². The van der Waals surface area contributed by atoms with E-state index in [0.29, 0.717) is 30.3 Å². The minimum absolute atomic E-state index is 0.0238. The highest BCUT2D eigenvalue weighted by molar-refractivity contribution is 5.84. The predicted molar refractivity (Wildman–Crippen MR) is 89.8 cm³/mol. The lowest BCUT2D eigenvalue weighted by molar-refractivity contribution is -0.384. The lowest BCUT2D eigenvalue weighted by Crippen LogP contribution is -2.51. The zero-order chi connectivity index (χ0) is 17.1. The summed E-state index contributed by atoms with van der Waals surface area (Å²) in [7, 11) is 0. The Hall–Kier alpha value is -2.15. The number of nitrogens with zero attached hydrogens (tertiary/aromatic N) is 3. The molecular weight excluding hydrogens is 310 g/mol. The van der Waals surface area contributed by atoms with Crippen LogP contribution in [0.5, 0.6) is 0 Å². The Morgan fingerprint density at radius 2 is 2.00 bits per heavy atom. The number of rotatable bonds is 5. The summed E-state index contributed by atoms with van der Waals surface area (Å²) in [4.78, 5) is 26.9. The third kappa shape index (κ3) is 3.51. The van der Waals surface area contributed by atoms with E-state index in [0.717, 1.165) is 6.54 Å². The van der Waals surface area contributed by atoms with Crippen LogP contribution in [0.15, 0.2) is 18.2 Å². The van der Waals surface area contributed by atoms with Crippen LogP contribution in [0.2, 0.25) is 0 Å². The molecule has 1 saturated carbocycles. The molecule has 1 amide bonds. The van der Waals surface area contributed by atoms with Gasteiger partial charge in [-0.25, -0.2) is 0 Å². The fourth-order valence-electron chi connectivity index (χ4n) is 3.69. The minimum Gasteiger partial charge on any atom is -0.392 e. The van der Waals surface area contributed by atoms with Gasteiger partial charge in [-0.2, -0.15) is 0 Å². The molecule has 130 valence electrons. The van der Waals surface area contributed by atoms with Crippen LogP contribution in [0.1, 0.15) is 31.2 Å². The van der Waals surface area contributed by atoms with Gasteiger partial charge in [0.15, 0.2) is 0 Å². The van der Waals surface area contributed by atoms with Crippen LogP contribution in [0.3, 0.4) is 0 Å². The summed E-state index contributed by atoms with van der Waals surface area (Å²) in [5, 5.41) is 20.5. The maximum absolute atomic E-state index is 12.5. The van der Waals surface area contributed by atoms with E-state index in [-0.39, 0.29) is 24.7 Å². The molecule has 1 aromatic carbocycles. The highest BCUT2D eigenvalue weighted by Gasteiger charge is 2.30. The van der Waals surface area contributed by atoms with E-state index in [1.54, 1.807) is 17.0 Å². The van der Waals surface area contributed by atoms with Gasteiger partial charge in [0.05, 0.1) is 18.1 Å². The van der Waals surface area contributed by atoms with Crippen LogP contribution in [0.25, 0.3) is 0 Å². The Bertz CT molecular complexity index is 628. The summed E-state index contributed by atoms with van der Waals surface area (Å²) in [6.07, 6.45) is 4.88. The third-order valence-corrected chi connectivity index (χ3v) is 5.03. The number of aliphatic hydroxyl groups excluding tert-OH is 1. The molecule has 1 aliphatic carbocycles. The quantitative estimate of drug-likeness (QED) is 0.657. The number of benzene rings is 1. The maximum Gasteiger partial charge on any atom is 0.292 e. The second kappa shape index (κ2) is 7.17. The molecule has 1 heterocycles. The first-order valence-electron chi connectivity index (χ1n) is 8.49. The summed E-state index contributed by atoms with van der Waals surface area (Å²) in [6.45, 7) is 1.96. The maximum atomic E-state index is 12.5. The van der Waals surface area contributed by atoms with Crippen LogP contribution in [-0.4, -0.2) is 47.0 Å². The first-order chi connectivity index (χ1) is 11.6. The van der Waals surface area contributed by atoms with Gasteiger partial charge >= 0.3 is 0 Å². The van der Waals surface area contributed by atoms with Crippen molar-refractivity contribution in [3.63, 3.8) is 0 Å². The molecule has 0 atom stereocenters. The lowest BCUT2D eigenvalue weighted by atomic mass is 10.1. The molecular formula is C17H23N3O4. The molecule has 1 saturated heterocycles. The summed E-state index contributed by atoms with van der Waals surface area (Å²) in [5.41, 5.74) is 1.00. The van der Waals surface area contributed by atoms with E-state index in [4.69, 9.17) is 0 Å². The fraction of sp³-hybridized carbons (Fsp3) is 0.588. The number of nitro benzene ring substituents is 1. The molecule has 0 aromatic heterocycles. The number of anilines is 1. The zero-order valence-electron chi connectivity index (χ0n) is 13.7. The van der Waals surface area contributed by atoms with Crippen LogP contribution in [0, 0.1) is 16.0 Å². The normalized spacial score (nSPS) is 19.1. The number of hydrogen-bond donors (Lipinski definition) is 1. The molecule has 7 heteroatoms. The second-order valence-corrected chi connectivity index (χ2v) is 6.65. The lowest BCUT2D eigenvalue weighted by Gasteiger charge is -2.36. The largest absolute Gasteiger partial charge is 0.392 e. The van der Waals surface area contributed by atoms with Crippen LogP contribution in [-0.2, 0) is 11.4 Å². The number of amides is 1. The average Bonchev–Trinajstić information content (AvgIpc) is 3.09. The van der Waals surface area contributed by atoms with Crippen molar-refractivity contribution < 1.29 is 14.8 Å². The Labute approximate surface area is 141 Å². The summed E-state index contributed by atoms with van der Waals surface area (Å²) < 4.78 is 0. The van der Waals surface area contributed by atoms with E-state index >= 15 is 0 Å². The molecule has 2 fully saturated rings. The molecule has 3 rings (SSSR count). The fourth-order valence-corrected chi connectivity index (χ4v) is 3.69. The van der Waals surface area contributed by atoms with Crippen molar-refractivity contribution in [2.75, 3.05) is 31.1 Å².